The van der Waals surface area contributed by atoms with E-state index in [9.17, 15) is 0 Å². The zero-order valence-electron chi connectivity index (χ0n) is 10.3. The first-order valence-electron chi connectivity index (χ1n) is 6.11. The van der Waals surface area contributed by atoms with Gasteiger partial charge in [0.05, 0.1) is 5.69 Å². The van der Waals surface area contributed by atoms with Crippen LogP contribution in [0.5, 0.6) is 5.75 Å². The summed E-state index contributed by atoms with van der Waals surface area (Å²) in [5.41, 5.74) is 3.93. The Kier molecular flexibility index (Phi) is 2.88. The number of nitrogens with one attached hydrogen (secondary N) is 1. The maximum Gasteiger partial charge on any atom is 0.145 e. The van der Waals surface area contributed by atoms with Gasteiger partial charge in [-0.3, -0.25) is 0 Å². The molecule has 0 bridgehead atoms. The summed E-state index contributed by atoms with van der Waals surface area (Å²) in [6.45, 7) is 3.24. The van der Waals surface area contributed by atoms with Gasteiger partial charge in [0.2, 0.25) is 0 Å². The number of nitrogens with zero attached hydrogens (tertiary/aromatic N) is 2. The summed E-state index contributed by atoms with van der Waals surface area (Å²) in [5, 5.41) is 10.9. The molecule has 0 radical (unpaired) electrons. The van der Waals surface area contributed by atoms with Crippen LogP contribution >= 0.6 is 0 Å². The van der Waals surface area contributed by atoms with E-state index >= 15 is 0 Å². The molecule has 1 aliphatic rings. The molecule has 0 aliphatic carbocycles. The van der Waals surface area contributed by atoms with Gasteiger partial charge < -0.3 is 10.1 Å². The summed E-state index contributed by atoms with van der Waals surface area (Å²) in [7, 11) is 0. The Morgan fingerprint density at radius 1 is 1.39 bits per heavy atom. The molecule has 0 unspecified atom stereocenters. The van der Waals surface area contributed by atoms with Crippen molar-refractivity contribution in [3.05, 3.63) is 35.2 Å². The number of aryl methyl sites for hydroxylation is 2. The molecule has 0 spiro atoms. The van der Waals surface area contributed by atoms with Crippen LogP contribution in [-0.4, -0.2) is 16.9 Å². The Balaban J connectivity index is 1.79. The van der Waals surface area contributed by atoms with E-state index in [1.807, 2.05) is 19.1 Å². The lowest BCUT2D eigenvalue weighted by atomic mass is 10.0. The summed E-state index contributed by atoms with van der Waals surface area (Å²) in [5.74, 6) is 0.870. The number of aromatic nitrogens is 2. The van der Waals surface area contributed by atoms with Crippen molar-refractivity contribution in [3.8, 4) is 5.75 Å². The van der Waals surface area contributed by atoms with Gasteiger partial charge in [-0.2, -0.15) is 0 Å². The van der Waals surface area contributed by atoms with Crippen molar-refractivity contribution in [2.24, 2.45) is 0 Å². The minimum Gasteiger partial charge on any atom is -0.485 e. The lowest BCUT2D eigenvalue weighted by Gasteiger charge is -2.20. The van der Waals surface area contributed by atoms with Crippen LogP contribution in [-0.2, 0) is 13.0 Å². The van der Waals surface area contributed by atoms with Crippen molar-refractivity contribution in [1.82, 2.24) is 10.3 Å². The number of fused-ring (bicyclic) bond motifs is 1. The highest BCUT2D eigenvalue weighted by Gasteiger charge is 2.14. The molecule has 1 aliphatic heterocycles. The van der Waals surface area contributed by atoms with Crippen molar-refractivity contribution in [2.45, 2.75) is 26.4 Å². The average molecular weight is 245 g/mol. The predicted molar refractivity (Wildman–Crippen MR) is 66.6 cm³/mol. The molecule has 1 aromatic carbocycles. The Bertz CT molecular complexity index is 551. The Labute approximate surface area is 105 Å². The minimum absolute atomic E-state index is 0.382. The lowest BCUT2D eigenvalue weighted by molar-refractivity contribution is 0.270. The van der Waals surface area contributed by atoms with Gasteiger partial charge in [-0.25, -0.2) is 4.63 Å². The Morgan fingerprint density at radius 2 is 2.33 bits per heavy atom. The molecule has 2 aromatic rings. The molecule has 5 nitrogen and oxygen atoms in total. The molecule has 2 heterocycles. The van der Waals surface area contributed by atoms with Gasteiger partial charge in [0.1, 0.15) is 23.7 Å². The fourth-order valence-electron chi connectivity index (χ4n) is 2.12. The summed E-state index contributed by atoms with van der Waals surface area (Å²) >= 11 is 0. The summed E-state index contributed by atoms with van der Waals surface area (Å²) in [6.07, 6.45) is 2.27. The van der Waals surface area contributed by atoms with Gasteiger partial charge in [-0.1, -0.05) is 22.4 Å². The van der Waals surface area contributed by atoms with Gasteiger partial charge in [-0.15, -0.1) is 0 Å². The van der Waals surface area contributed by atoms with Gasteiger partial charge >= 0.3 is 0 Å². The van der Waals surface area contributed by atoms with Gasteiger partial charge in [0, 0.05) is 6.54 Å². The highest BCUT2D eigenvalue weighted by atomic mass is 16.6. The lowest BCUT2D eigenvalue weighted by Crippen LogP contribution is -2.13. The van der Waals surface area contributed by atoms with Crippen LogP contribution < -0.4 is 10.1 Å². The molecule has 1 aromatic heterocycles. The van der Waals surface area contributed by atoms with Crippen molar-refractivity contribution in [1.29, 1.82) is 0 Å². The van der Waals surface area contributed by atoms with Gasteiger partial charge in [0.25, 0.3) is 0 Å². The molecular weight excluding hydrogens is 230 g/mol. The maximum atomic E-state index is 5.80. The molecule has 1 N–H and O–H groups in total. The average Bonchev–Trinajstić information content (AvgIpc) is 2.82. The van der Waals surface area contributed by atoms with Crippen molar-refractivity contribution >= 4 is 5.69 Å². The predicted octanol–water partition coefficient (Wildman–Crippen LogP) is 2.32. The molecule has 5 heteroatoms. The van der Waals surface area contributed by atoms with Crippen LogP contribution in [0, 0.1) is 6.92 Å². The second-order valence-electron chi connectivity index (χ2n) is 4.41. The van der Waals surface area contributed by atoms with E-state index in [4.69, 9.17) is 4.74 Å². The molecule has 0 amide bonds. The second kappa shape index (κ2) is 4.68. The largest absolute Gasteiger partial charge is 0.485 e. The van der Waals surface area contributed by atoms with Crippen LogP contribution in [0.4, 0.5) is 5.69 Å². The third kappa shape index (κ3) is 2.03. The van der Waals surface area contributed by atoms with Crippen LogP contribution in [0.25, 0.3) is 0 Å². The standard InChI is InChI=1S/C13H15N3O2/c1-9-11(16-18-15-9)8-17-12-6-2-4-10-5-3-7-14-13(10)12/h2,4,6,14H,3,5,7-8H2,1H3. The van der Waals surface area contributed by atoms with Crippen molar-refractivity contribution in [3.63, 3.8) is 0 Å². The normalized spacial score (nSPS) is 13.8. The number of anilines is 1. The van der Waals surface area contributed by atoms with E-state index in [0.717, 1.165) is 35.8 Å². The topological polar surface area (TPSA) is 60.2 Å². The quantitative estimate of drug-likeness (QED) is 0.899. The molecule has 18 heavy (non-hydrogen) atoms. The van der Waals surface area contributed by atoms with Crippen molar-refractivity contribution in [2.75, 3.05) is 11.9 Å². The number of ether oxygens (including phenoxy) is 1. The zero-order valence-corrected chi connectivity index (χ0v) is 10.3. The minimum atomic E-state index is 0.382. The Morgan fingerprint density at radius 3 is 3.17 bits per heavy atom. The van der Waals surface area contributed by atoms with Gasteiger partial charge in [-0.05, 0) is 31.4 Å². The van der Waals surface area contributed by atoms with Crippen LogP contribution in [0.3, 0.4) is 0 Å². The molecule has 3 rings (SSSR count). The molecular formula is C13H15N3O2. The number of benzene rings is 1. The monoisotopic (exact) mass is 245 g/mol. The fourth-order valence-corrected chi connectivity index (χ4v) is 2.12. The molecule has 94 valence electrons. The highest BCUT2D eigenvalue weighted by Crippen LogP contribution is 2.32. The number of rotatable bonds is 3. The number of hydrogen-bond acceptors (Lipinski definition) is 5. The van der Waals surface area contributed by atoms with E-state index in [1.165, 1.54) is 12.0 Å². The van der Waals surface area contributed by atoms with Crippen LogP contribution in [0.15, 0.2) is 22.8 Å². The fraction of sp³-hybridized carbons (Fsp3) is 0.385. The van der Waals surface area contributed by atoms with E-state index in [0.29, 0.717) is 6.61 Å². The third-order valence-electron chi connectivity index (χ3n) is 3.15. The Hall–Kier alpha value is -2.04. The van der Waals surface area contributed by atoms with Crippen LogP contribution in [0.1, 0.15) is 23.4 Å². The molecule has 0 saturated heterocycles. The second-order valence-corrected chi connectivity index (χ2v) is 4.41. The summed E-state index contributed by atoms with van der Waals surface area (Å²) in [4.78, 5) is 0. The SMILES string of the molecule is Cc1nonc1COc1cccc2c1NCCC2. The van der Waals surface area contributed by atoms with E-state index in [1.54, 1.807) is 0 Å². The third-order valence-corrected chi connectivity index (χ3v) is 3.15. The van der Waals surface area contributed by atoms with E-state index in [2.05, 4.69) is 26.3 Å². The number of para-hydroxylation sites is 1. The maximum absolute atomic E-state index is 5.80. The molecule has 0 saturated carbocycles. The smallest absolute Gasteiger partial charge is 0.145 e. The molecule has 0 atom stereocenters. The van der Waals surface area contributed by atoms with E-state index in [-0.39, 0.29) is 0 Å². The first-order valence-corrected chi connectivity index (χ1v) is 6.11. The van der Waals surface area contributed by atoms with Crippen molar-refractivity contribution < 1.29 is 9.37 Å². The van der Waals surface area contributed by atoms with Gasteiger partial charge in [0.15, 0.2) is 0 Å². The van der Waals surface area contributed by atoms with E-state index < -0.39 is 0 Å². The summed E-state index contributed by atoms with van der Waals surface area (Å²) in [6, 6.07) is 6.13. The number of hydrogen-bond donors (Lipinski definition) is 1. The highest BCUT2D eigenvalue weighted by molar-refractivity contribution is 5.63. The molecule has 0 fully saturated rings. The summed E-state index contributed by atoms with van der Waals surface area (Å²) < 4.78 is 10.5. The first kappa shape index (κ1) is 11.1. The van der Waals surface area contributed by atoms with Crippen LogP contribution in [0.2, 0.25) is 0 Å². The zero-order chi connectivity index (χ0) is 12.4. The first-order chi connectivity index (χ1) is 8.84.